The molecule has 8 aromatic carbocycles. The molecule has 6 heteroatoms. The second kappa shape index (κ2) is 18.5. The maximum absolute atomic E-state index is 4.67. The monoisotopic (exact) mass is 1110 g/mol. The number of hydrogen-bond donors (Lipinski definition) is 0. The summed E-state index contributed by atoms with van der Waals surface area (Å²) >= 11 is 1.92. The lowest BCUT2D eigenvalue weighted by atomic mass is 9.33. The molecule has 0 unspecified atom stereocenters. The van der Waals surface area contributed by atoms with E-state index in [2.05, 4.69) is 267 Å². The molecule has 2 aliphatic carbocycles. The van der Waals surface area contributed by atoms with Crippen molar-refractivity contribution in [1.29, 1.82) is 0 Å². The molecule has 0 radical (unpaired) electrons. The lowest BCUT2D eigenvalue weighted by Crippen LogP contribution is -2.61. The van der Waals surface area contributed by atoms with Gasteiger partial charge < -0.3 is 9.80 Å². The Morgan fingerprint density at radius 1 is 0.440 bits per heavy atom. The molecule has 0 atom stereocenters. The Hall–Kier alpha value is -8.06. The van der Waals surface area contributed by atoms with Gasteiger partial charge in [-0.2, -0.15) is 0 Å². The molecule has 4 nitrogen and oxygen atoms in total. The van der Waals surface area contributed by atoms with Crippen molar-refractivity contribution in [2.75, 3.05) is 9.80 Å². The number of rotatable bonds is 5. The van der Waals surface area contributed by atoms with Crippen LogP contribution >= 0.6 is 11.3 Å². The van der Waals surface area contributed by atoms with Gasteiger partial charge in [-0.1, -0.05) is 168 Å². The number of aryl methyl sites for hydroxylation is 1. The molecule has 0 spiro atoms. The fourth-order valence-electron chi connectivity index (χ4n) is 14.9. The molecule has 2 aliphatic heterocycles. The van der Waals surface area contributed by atoms with Crippen LogP contribution in [0.25, 0.3) is 42.4 Å². The molecule has 0 bridgehead atoms. The summed E-state index contributed by atoms with van der Waals surface area (Å²) in [6.07, 6.45) is 11.3. The highest BCUT2D eigenvalue weighted by Crippen LogP contribution is 2.60. The number of pyridine rings is 2. The molecule has 0 amide bonds. The van der Waals surface area contributed by atoms with Crippen molar-refractivity contribution in [3.63, 3.8) is 0 Å². The van der Waals surface area contributed by atoms with Crippen LogP contribution in [0.4, 0.5) is 34.1 Å². The molecule has 0 saturated carbocycles. The zero-order valence-corrected chi connectivity index (χ0v) is 51.6. The third-order valence-corrected chi connectivity index (χ3v) is 20.5. The van der Waals surface area contributed by atoms with Gasteiger partial charge in [0.15, 0.2) is 0 Å². The summed E-state index contributed by atoms with van der Waals surface area (Å²) in [7, 11) is 0. The summed E-state index contributed by atoms with van der Waals surface area (Å²) in [6.45, 7) is 28.2. The third kappa shape index (κ3) is 7.85. The van der Waals surface area contributed by atoms with Crippen LogP contribution in [0, 0.1) is 0 Å². The van der Waals surface area contributed by atoms with E-state index in [0.717, 1.165) is 24.9 Å². The summed E-state index contributed by atoms with van der Waals surface area (Å²) in [5.74, 6) is 0. The maximum atomic E-state index is 4.67. The predicted octanol–water partition coefficient (Wildman–Crippen LogP) is 18.6. The smallest absolute Gasteiger partial charge is 0.252 e. The van der Waals surface area contributed by atoms with E-state index in [4.69, 9.17) is 0 Å². The van der Waals surface area contributed by atoms with Gasteiger partial charge in [0.25, 0.3) is 6.71 Å². The van der Waals surface area contributed by atoms with Crippen LogP contribution < -0.4 is 26.2 Å². The Balaban J connectivity index is 1.09. The highest BCUT2D eigenvalue weighted by Gasteiger charge is 2.52. The van der Waals surface area contributed by atoms with Crippen LogP contribution in [0.3, 0.4) is 0 Å². The zero-order chi connectivity index (χ0) is 58.0. The zero-order valence-electron chi connectivity index (χ0n) is 50.8. The summed E-state index contributed by atoms with van der Waals surface area (Å²) in [5.41, 5.74) is 28.7. The minimum Gasteiger partial charge on any atom is -0.311 e. The highest BCUT2D eigenvalue weighted by atomic mass is 32.1. The molecule has 0 N–H and O–H groups in total. The van der Waals surface area contributed by atoms with Gasteiger partial charge in [-0.05, 0) is 203 Å². The number of benzene rings is 8. The summed E-state index contributed by atoms with van der Waals surface area (Å²) in [4.78, 5) is 14.7. The van der Waals surface area contributed by atoms with Gasteiger partial charge in [0.1, 0.15) is 0 Å². The van der Waals surface area contributed by atoms with Crippen LogP contribution in [-0.2, 0) is 39.9 Å². The molecular formula is C78H73BN4S. The Morgan fingerprint density at radius 3 is 1.70 bits per heavy atom. The van der Waals surface area contributed by atoms with E-state index in [1.165, 1.54) is 143 Å². The molecule has 15 rings (SSSR count). The van der Waals surface area contributed by atoms with Gasteiger partial charge in [-0.3, -0.25) is 9.97 Å². The molecule has 4 aliphatic rings. The van der Waals surface area contributed by atoms with Gasteiger partial charge in [-0.15, -0.1) is 11.3 Å². The lowest BCUT2D eigenvalue weighted by Gasteiger charge is -2.46. The number of anilines is 6. The molecule has 3 aromatic heterocycles. The Labute approximate surface area is 501 Å². The summed E-state index contributed by atoms with van der Waals surface area (Å²) in [5, 5.41) is 2.62. The summed E-state index contributed by atoms with van der Waals surface area (Å²) in [6, 6.07) is 64.8. The van der Waals surface area contributed by atoms with E-state index in [0.29, 0.717) is 0 Å². The average Bonchev–Trinajstić information content (AvgIpc) is 1.33. The Kier molecular flexibility index (Phi) is 11.6. The first-order valence-corrected chi connectivity index (χ1v) is 31.2. The fourth-order valence-corrected chi connectivity index (χ4v) is 16.2. The second-order valence-corrected chi connectivity index (χ2v) is 29.6. The standard InChI is InChI=1S/C78H73BN4S/c1-74(2,3)48-24-28-54(29-25-48)82-67-46-62-60(57-30-23-47-17-15-19-55(47)71(57)78(62,49-33-37-80-38-34-49)50-35-39-81-40-36-50)45-64(67)79-63-42-52(76(7,8)9)27-32-66(63)83(69-44-53(77(10,11)12)43-68(82)72(69)79)65-31-26-51(75(4,5)6)41-61(65)59-21-16-20-58-56-18-13-14-22-70(56)84-73(58)59/h13-14,16,18,20-46H,15,17,19H2,1-12H3. The first kappa shape index (κ1) is 52.7. The molecule has 84 heavy (non-hydrogen) atoms. The number of hydrogen-bond acceptors (Lipinski definition) is 5. The van der Waals surface area contributed by atoms with E-state index in [1.807, 2.05) is 36.1 Å². The van der Waals surface area contributed by atoms with Crippen LogP contribution in [0.5, 0.6) is 0 Å². The van der Waals surface area contributed by atoms with Gasteiger partial charge in [0.2, 0.25) is 0 Å². The van der Waals surface area contributed by atoms with Crippen molar-refractivity contribution in [1.82, 2.24) is 9.97 Å². The van der Waals surface area contributed by atoms with Crippen molar-refractivity contribution in [3.05, 3.63) is 244 Å². The predicted molar refractivity (Wildman–Crippen MR) is 359 cm³/mol. The SMILES string of the molecule is CC(C)(C)c1ccc(N2c3cc4c(cc3B3c5cc(C(C)(C)C)ccc5N(c5ccc(C(C)(C)C)cc5-c5cccc6c5sc5ccccc56)c5cc(C(C)(C)C)cc2c53)-c2ccc3c(c2C4(c2ccncc2)c2ccncc2)CCC3)cc1. The lowest BCUT2D eigenvalue weighted by molar-refractivity contribution is 0.589. The third-order valence-electron chi connectivity index (χ3n) is 19.3. The van der Waals surface area contributed by atoms with Gasteiger partial charge >= 0.3 is 0 Å². The number of thiophene rings is 1. The first-order valence-electron chi connectivity index (χ1n) is 30.4. The average molecular weight is 1110 g/mol. The number of fused-ring (bicyclic) bond motifs is 12. The molecule has 0 fully saturated rings. The molecule has 0 saturated heterocycles. The van der Waals surface area contributed by atoms with Crippen LogP contribution in [0.15, 0.2) is 189 Å². The van der Waals surface area contributed by atoms with Crippen molar-refractivity contribution in [3.8, 4) is 22.3 Å². The van der Waals surface area contributed by atoms with Crippen molar-refractivity contribution in [2.45, 2.75) is 129 Å². The maximum Gasteiger partial charge on any atom is 0.252 e. The fraction of sp³-hybridized carbons (Fsp3) is 0.256. The van der Waals surface area contributed by atoms with E-state index in [1.54, 1.807) is 0 Å². The van der Waals surface area contributed by atoms with Gasteiger partial charge in [-0.25, -0.2) is 0 Å². The molecular weight excluding hydrogens is 1040 g/mol. The second-order valence-electron chi connectivity index (χ2n) is 28.5. The van der Waals surface area contributed by atoms with Crippen molar-refractivity contribution < 1.29 is 0 Å². The highest BCUT2D eigenvalue weighted by molar-refractivity contribution is 7.26. The molecule has 414 valence electrons. The quantitative estimate of drug-likeness (QED) is 0.161. The number of nitrogens with zero attached hydrogens (tertiary/aromatic N) is 4. The van der Waals surface area contributed by atoms with E-state index in [-0.39, 0.29) is 28.4 Å². The van der Waals surface area contributed by atoms with Crippen LogP contribution in [0.2, 0.25) is 0 Å². The largest absolute Gasteiger partial charge is 0.311 e. The Bertz CT molecular complexity index is 4470. The van der Waals surface area contributed by atoms with E-state index < -0.39 is 5.41 Å². The Morgan fingerprint density at radius 2 is 1.04 bits per heavy atom. The van der Waals surface area contributed by atoms with E-state index >= 15 is 0 Å². The van der Waals surface area contributed by atoms with Gasteiger partial charge in [0.05, 0.1) is 11.1 Å². The number of aromatic nitrogens is 2. The molecule has 11 aromatic rings. The van der Waals surface area contributed by atoms with Crippen LogP contribution in [0.1, 0.15) is 145 Å². The summed E-state index contributed by atoms with van der Waals surface area (Å²) < 4.78 is 2.63. The van der Waals surface area contributed by atoms with Crippen molar-refractivity contribution in [2.24, 2.45) is 0 Å². The van der Waals surface area contributed by atoms with Crippen molar-refractivity contribution >= 4 is 88.7 Å². The first-order chi connectivity index (χ1) is 40.2. The minimum absolute atomic E-state index is 0.0221. The molecule has 5 heterocycles. The topological polar surface area (TPSA) is 32.3 Å². The normalized spacial score (nSPS) is 15.0. The van der Waals surface area contributed by atoms with E-state index in [9.17, 15) is 0 Å². The van der Waals surface area contributed by atoms with Crippen LogP contribution in [-0.4, -0.2) is 16.7 Å². The van der Waals surface area contributed by atoms with Gasteiger partial charge in [0, 0.05) is 84.5 Å². The minimum atomic E-state index is -0.630.